The maximum absolute atomic E-state index is 11.9. The molecule has 1 aromatic rings. The van der Waals surface area contributed by atoms with E-state index in [1.165, 1.54) is 0 Å². The molecule has 16 heavy (non-hydrogen) atoms. The van der Waals surface area contributed by atoms with Crippen LogP contribution in [-0.4, -0.2) is 19.1 Å². The third-order valence-electron chi connectivity index (χ3n) is 2.71. The van der Waals surface area contributed by atoms with E-state index in [4.69, 9.17) is 4.74 Å². The Hall–Kier alpha value is -1.51. The summed E-state index contributed by atoms with van der Waals surface area (Å²) in [4.78, 5) is 11.9. The van der Waals surface area contributed by atoms with Crippen molar-refractivity contribution in [1.29, 1.82) is 0 Å². The van der Waals surface area contributed by atoms with Crippen LogP contribution in [0.4, 0.5) is 0 Å². The highest BCUT2D eigenvalue weighted by molar-refractivity contribution is 5.97. The molecule has 0 aliphatic carbocycles. The minimum Gasteiger partial charge on any atom is -0.492 e. The molecule has 2 rings (SSSR count). The molecule has 0 saturated carbocycles. The molecule has 0 saturated heterocycles. The van der Waals surface area contributed by atoms with E-state index in [2.05, 4.69) is 11.4 Å². The Morgan fingerprint density at radius 1 is 1.50 bits per heavy atom. The second-order valence-corrected chi connectivity index (χ2v) is 4.16. The number of aryl methyl sites for hydroxylation is 1. The quantitative estimate of drug-likeness (QED) is 0.845. The second-order valence-electron chi connectivity index (χ2n) is 4.16. The van der Waals surface area contributed by atoms with Gasteiger partial charge in [0, 0.05) is 13.0 Å². The van der Waals surface area contributed by atoms with Crippen LogP contribution in [0, 0.1) is 6.92 Å². The maximum atomic E-state index is 11.9. The first kappa shape index (κ1) is 11.0. The molecule has 0 spiro atoms. The summed E-state index contributed by atoms with van der Waals surface area (Å²) in [6, 6.07) is 3.99. The van der Waals surface area contributed by atoms with E-state index in [1.807, 2.05) is 19.9 Å². The third-order valence-corrected chi connectivity index (χ3v) is 2.71. The molecule has 1 aromatic carbocycles. The van der Waals surface area contributed by atoms with Gasteiger partial charge in [-0.25, -0.2) is 0 Å². The number of hydrogen-bond donors (Lipinski definition) is 1. The van der Waals surface area contributed by atoms with Gasteiger partial charge in [0.1, 0.15) is 5.75 Å². The van der Waals surface area contributed by atoms with Crippen LogP contribution >= 0.6 is 0 Å². The standard InChI is InChI=1S/C13H17NO2/c1-3-5-14-13(15)11-8-9(2)7-10-4-6-16-12(10)11/h7-8H,3-6H2,1-2H3,(H,14,15). The molecule has 0 unspecified atom stereocenters. The monoisotopic (exact) mass is 219 g/mol. The van der Waals surface area contributed by atoms with E-state index in [0.29, 0.717) is 18.7 Å². The van der Waals surface area contributed by atoms with Gasteiger partial charge in [0.25, 0.3) is 5.91 Å². The van der Waals surface area contributed by atoms with Crippen molar-refractivity contribution in [2.75, 3.05) is 13.2 Å². The summed E-state index contributed by atoms with van der Waals surface area (Å²) in [6.07, 6.45) is 1.85. The number of carbonyl (C=O) groups excluding carboxylic acids is 1. The number of nitrogens with one attached hydrogen (secondary N) is 1. The molecule has 0 atom stereocenters. The number of ether oxygens (including phenoxy) is 1. The number of hydrogen-bond acceptors (Lipinski definition) is 2. The lowest BCUT2D eigenvalue weighted by Gasteiger charge is -2.09. The van der Waals surface area contributed by atoms with Crippen molar-refractivity contribution in [3.8, 4) is 5.75 Å². The summed E-state index contributed by atoms with van der Waals surface area (Å²) < 4.78 is 5.52. The first-order valence-electron chi connectivity index (χ1n) is 5.77. The normalized spacial score (nSPS) is 13.1. The van der Waals surface area contributed by atoms with Gasteiger partial charge in [-0.05, 0) is 30.5 Å². The van der Waals surface area contributed by atoms with Crippen molar-refractivity contribution in [3.05, 3.63) is 28.8 Å². The van der Waals surface area contributed by atoms with Gasteiger partial charge in [-0.2, -0.15) is 0 Å². The summed E-state index contributed by atoms with van der Waals surface area (Å²) in [5.41, 5.74) is 2.95. The summed E-state index contributed by atoms with van der Waals surface area (Å²) in [5, 5.41) is 2.89. The molecule has 1 aliphatic rings. The Kier molecular flexibility index (Phi) is 3.13. The molecular formula is C13H17NO2. The summed E-state index contributed by atoms with van der Waals surface area (Å²) in [6.45, 7) is 5.45. The van der Waals surface area contributed by atoms with Crippen LogP contribution in [0.5, 0.6) is 5.75 Å². The zero-order valence-electron chi connectivity index (χ0n) is 9.80. The molecule has 0 radical (unpaired) electrons. The topological polar surface area (TPSA) is 38.3 Å². The molecule has 1 N–H and O–H groups in total. The van der Waals surface area contributed by atoms with Crippen molar-refractivity contribution in [1.82, 2.24) is 5.32 Å². The Morgan fingerprint density at radius 3 is 3.06 bits per heavy atom. The van der Waals surface area contributed by atoms with Crippen LogP contribution in [0.3, 0.4) is 0 Å². The van der Waals surface area contributed by atoms with E-state index in [1.54, 1.807) is 0 Å². The van der Waals surface area contributed by atoms with Gasteiger partial charge in [-0.1, -0.05) is 13.0 Å². The molecule has 1 amide bonds. The fourth-order valence-electron chi connectivity index (χ4n) is 1.97. The Morgan fingerprint density at radius 2 is 2.31 bits per heavy atom. The highest BCUT2D eigenvalue weighted by atomic mass is 16.5. The fourth-order valence-corrected chi connectivity index (χ4v) is 1.97. The smallest absolute Gasteiger partial charge is 0.255 e. The predicted molar refractivity (Wildman–Crippen MR) is 63.0 cm³/mol. The molecule has 86 valence electrons. The van der Waals surface area contributed by atoms with Crippen molar-refractivity contribution in [2.24, 2.45) is 0 Å². The van der Waals surface area contributed by atoms with Gasteiger partial charge in [0.2, 0.25) is 0 Å². The van der Waals surface area contributed by atoms with Crippen molar-refractivity contribution < 1.29 is 9.53 Å². The minimum absolute atomic E-state index is 0.0244. The highest BCUT2D eigenvalue weighted by Gasteiger charge is 2.20. The first-order valence-corrected chi connectivity index (χ1v) is 5.77. The van der Waals surface area contributed by atoms with Crippen LogP contribution in [0.25, 0.3) is 0 Å². The molecule has 1 heterocycles. The van der Waals surface area contributed by atoms with Gasteiger partial charge in [-0.3, -0.25) is 4.79 Å². The van der Waals surface area contributed by atoms with Gasteiger partial charge in [0.15, 0.2) is 0 Å². The van der Waals surface area contributed by atoms with Crippen molar-refractivity contribution >= 4 is 5.91 Å². The van der Waals surface area contributed by atoms with Crippen molar-refractivity contribution in [2.45, 2.75) is 26.7 Å². The lowest BCUT2D eigenvalue weighted by molar-refractivity contribution is 0.0950. The molecule has 0 bridgehead atoms. The van der Waals surface area contributed by atoms with Gasteiger partial charge in [-0.15, -0.1) is 0 Å². The zero-order valence-corrected chi connectivity index (χ0v) is 9.80. The minimum atomic E-state index is -0.0244. The Bertz CT molecular complexity index is 413. The summed E-state index contributed by atoms with van der Waals surface area (Å²) >= 11 is 0. The lowest BCUT2D eigenvalue weighted by Crippen LogP contribution is -2.24. The maximum Gasteiger partial charge on any atom is 0.255 e. The third kappa shape index (κ3) is 2.03. The second kappa shape index (κ2) is 4.56. The largest absolute Gasteiger partial charge is 0.492 e. The average Bonchev–Trinajstić information content (AvgIpc) is 2.72. The van der Waals surface area contributed by atoms with E-state index >= 15 is 0 Å². The van der Waals surface area contributed by atoms with Crippen LogP contribution in [0.1, 0.15) is 34.8 Å². The number of rotatable bonds is 3. The van der Waals surface area contributed by atoms with E-state index in [9.17, 15) is 4.79 Å². The molecular weight excluding hydrogens is 202 g/mol. The highest BCUT2D eigenvalue weighted by Crippen LogP contribution is 2.30. The van der Waals surface area contributed by atoms with E-state index < -0.39 is 0 Å². The van der Waals surface area contributed by atoms with Crippen LogP contribution in [0.15, 0.2) is 12.1 Å². The first-order chi connectivity index (χ1) is 7.72. The molecule has 3 nitrogen and oxygen atoms in total. The number of amides is 1. The summed E-state index contributed by atoms with van der Waals surface area (Å²) in [7, 11) is 0. The van der Waals surface area contributed by atoms with Gasteiger partial charge >= 0.3 is 0 Å². The predicted octanol–water partition coefficient (Wildman–Crippen LogP) is 2.07. The Labute approximate surface area is 95.8 Å². The molecule has 1 aliphatic heterocycles. The number of carbonyl (C=O) groups is 1. The number of benzene rings is 1. The zero-order chi connectivity index (χ0) is 11.5. The molecule has 3 heteroatoms. The molecule has 0 fully saturated rings. The number of fused-ring (bicyclic) bond motifs is 1. The lowest BCUT2D eigenvalue weighted by atomic mass is 10.0. The Balaban J connectivity index is 2.29. The van der Waals surface area contributed by atoms with Gasteiger partial charge in [0.05, 0.1) is 12.2 Å². The van der Waals surface area contributed by atoms with Gasteiger partial charge < -0.3 is 10.1 Å². The van der Waals surface area contributed by atoms with Crippen LogP contribution in [0.2, 0.25) is 0 Å². The van der Waals surface area contributed by atoms with E-state index in [0.717, 1.165) is 29.7 Å². The van der Waals surface area contributed by atoms with E-state index in [-0.39, 0.29) is 5.91 Å². The molecule has 0 aromatic heterocycles. The van der Waals surface area contributed by atoms with Crippen LogP contribution < -0.4 is 10.1 Å². The summed E-state index contributed by atoms with van der Waals surface area (Å²) in [5.74, 6) is 0.753. The SMILES string of the molecule is CCCNC(=O)c1cc(C)cc2c1OCC2. The van der Waals surface area contributed by atoms with Crippen LogP contribution in [-0.2, 0) is 6.42 Å². The van der Waals surface area contributed by atoms with Crippen molar-refractivity contribution in [3.63, 3.8) is 0 Å². The average molecular weight is 219 g/mol. The fraction of sp³-hybridized carbons (Fsp3) is 0.462.